The quantitative estimate of drug-likeness (QED) is 0.713. The van der Waals surface area contributed by atoms with Crippen LogP contribution in [-0.4, -0.2) is 19.1 Å². The van der Waals surface area contributed by atoms with E-state index in [-0.39, 0.29) is 0 Å². The van der Waals surface area contributed by atoms with Gasteiger partial charge in [0, 0.05) is 20.1 Å². The van der Waals surface area contributed by atoms with Gasteiger partial charge in [-0.1, -0.05) is 29.8 Å². The average Bonchev–Trinajstić information content (AvgIpc) is 2.04. The van der Waals surface area contributed by atoms with Crippen molar-refractivity contribution in [1.82, 2.24) is 10.4 Å². The maximum Gasteiger partial charge on any atom is 0.0436 e. The van der Waals surface area contributed by atoms with E-state index in [0.717, 1.165) is 0 Å². The Balaban J connectivity index is 2.66. The smallest absolute Gasteiger partial charge is 0.0436 e. The third-order valence-electron chi connectivity index (χ3n) is 2.03. The Labute approximate surface area is 80.5 Å². The van der Waals surface area contributed by atoms with Gasteiger partial charge in [0.05, 0.1) is 0 Å². The number of hydrogen-bond donors (Lipinski definition) is 1. The summed E-state index contributed by atoms with van der Waals surface area (Å²) in [6.07, 6.45) is 0. The molecule has 0 aliphatic rings. The van der Waals surface area contributed by atoms with Gasteiger partial charge in [-0.05, 0) is 19.4 Å². The van der Waals surface area contributed by atoms with Gasteiger partial charge in [0.25, 0.3) is 0 Å². The number of rotatable bonds is 3. The van der Waals surface area contributed by atoms with E-state index in [0.29, 0.717) is 6.04 Å². The highest BCUT2D eigenvalue weighted by Gasteiger charge is 2.03. The van der Waals surface area contributed by atoms with E-state index >= 15 is 0 Å². The van der Waals surface area contributed by atoms with Crippen LogP contribution >= 0.6 is 0 Å². The molecule has 1 N–H and O–H groups in total. The van der Waals surface area contributed by atoms with Gasteiger partial charge in [0.15, 0.2) is 0 Å². The first-order valence-corrected chi connectivity index (χ1v) is 4.59. The fraction of sp³-hybridized carbons (Fsp3) is 0.455. The van der Waals surface area contributed by atoms with Gasteiger partial charge in [0.1, 0.15) is 0 Å². The van der Waals surface area contributed by atoms with Crippen LogP contribution < -0.4 is 5.43 Å². The Kier molecular flexibility index (Phi) is 3.46. The van der Waals surface area contributed by atoms with E-state index < -0.39 is 0 Å². The first-order chi connectivity index (χ1) is 6.09. The van der Waals surface area contributed by atoms with Crippen molar-refractivity contribution in [3.05, 3.63) is 35.4 Å². The summed E-state index contributed by atoms with van der Waals surface area (Å²) in [4.78, 5) is 0. The molecule has 2 nitrogen and oxygen atoms in total. The summed E-state index contributed by atoms with van der Waals surface area (Å²) in [6, 6.07) is 8.98. The van der Waals surface area contributed by atoms with E-state index in [2.05, 4.69) is 43.5 Å². The molecule has 72 valence electrons. The van der Waals surface area contributed by atoms with Gasteiger partial charge < -0.3 is 0 Å². The Morgan fingerprint density at radius 3 is 2.15 bits per heavy atom. The summed E-state index contributed by atoms with van der Waals surface area (Å²) in [5.74, 6) is 0. The molecule has 0 aliphatic carbocycles. The topological polar surface area (TPSA) is 15.3 Å². The zero-order valence-corrected chi connectivity index (χ0v) is 8.83. The van der Waals surface area contributed by atoms with Crippen molar-refractivity contribution < 1.29 is 0 Å². The van der Waals surface area contributed by atoms with Crippen LogP contribution in [0.3, 0.4) is 0 Å². The summed E-state index contributed by atoms with van der Waals surface area (Å²) < 4.78 is 0. The number of aryl methyl sites for hydroxylation is 1. The first-order valence-electron chi connectivity index (χ1n) is 4.59. The maximum absolute atomic E-state index is 3.31. The number of nitrogens with zero attached hydrogens (tertiary/aromatic N) is 1. The molecule has 2 heteroatoms. The molecule has 1 rings (SSSR count). The van der Waals surface area contributed by atoms with E-state index in [1.165, 1.54) is 11.1 Å². The molecule has 0 saturated heterocycles. The van der Waals surface area contributed by atoms with Gasteiger partial charge in [-0.3, -0.25) is 5.01 Å². The predicted octanol–water partition coefficient (Wildman–Crippen LogP) is 2.12. The van der Waals surface area contributed by atoms with E-state index in [1.54, 1.807) is 0 Å². The molecule has 0 aliphatic heterocycles. The molecule has 1 aromatic rings. The normalized spacial score (nSPS) is 13.3. The van der Waals surface area contributed by atoms with Gasteiger partial charge in [0.2, 0.25) is 0 Å². The molecule has 0 fully saturated rings. The van der Waals surface area contributed by atoms with Crippen molar-refractivity contribution in [3.63, 3.8) is 0 Å². The molecule has 0 radical (unpaired) electrons. The average molecular weight is 178 g/mol. The van der Waals surface area contributed by atoms with Gasteiger partial charge in [-0.25, -0.2) is 5.43 Å². The van der Waals surface area contributed by atoms with Crippen LogP contribution in [0.15, 0.2) is 24.3 Å². The van der Waals surface area contributed by atoms with Crippen molar-refractivity contribution >= 4 is 0 Å². The largest absolute Gasteiger partial charge is 0.250 e. The lowest BCUT2D eigenvalue weighted by Crippen LogP contribution is -2.32. The maximum atomic E-state index is 3.31. The summed E-state index contributed by atoms with van der Waals surface area (Å²) >= 11 is 0. The molecule has 1 aromatic carbocycles. The first kappa shape index (κ1) is 10.2. The lowest BCUT2D eigenvalue weighted by Gasteiger charge is -2.19. The van der Waals surface area contributed by atoms with Crippen molar-refractivity contribution in [2.75, 3.05) is 14.1 Å². The Hall–Kier alpha value is -0.860. The fourth-order valence-electron chi connectivity index (χ4n) is 1.32. The van der Waals surface area contributed by atoms with Crippen LogP contribution in [-0.2, 0) is 0 Å². The number of hydrogen-bond acceptors (Lipinski definition) is 2. The fourth-order valence-corrected chi connectivity index (χ4v) is 1.32. The molecule has 0 amide bonds. The second kappa shape index (κ2) is 4.40. The molecule has 1 unspecified atom stereocenters. The summed E-state index contributed by atoms with van der Waals surface area (Å²) in [6.45, 7) is 4.26. The highest BCUT2D eigenvalue weighted by Crippen LogP contribution is 2.12. The van der Waals surface area contributed by atoms with E-state index in [9.17, 15) is 0 Å². The molecule has 13 heavy (non-hydrogen) atoms. The Morgan fingerprint density at radius 2 is 1.69 bits per heavy atom. The number of nitrogens with one attached hydrogen (secondary N) is 1. The molecule has 0 aromatic heterocycles. The van der Waals surface area contributed by atoms with Crippen molar-refractivity contribution in [3.8, 4) is 0 Å². The van der Waals surface area contributed by atoms with Crippen molar-refractivity contribution in [2.24, 2.45) is 0 Å². The Bertz CT molecular complexity index is 251. The van der Waals surface area contributed by atoms with E-state index in [4.69, 9.17) is 0 Å². The molecule has 0 heterocycles. The van der Waals surface area contributed by atoms with Gasteiger partial charge in [-0.15, -0.1) is 0 Å². The molecule has 0 spiro atoms. The summed E-state index contributed by atoms with van der Waals surface area (Å²) in [5, 5.41) is 1.98. The minimum Gasteiger partial charge on any atom is -0.250 e. The van der Waals surface area contributed by atoms with Crippen LogP contribution in [0.5, 0.6) is 0 Å². The zero-order valence-electron chi connectivity index (χ0n) is 8.83. The van der Waals surface area contributed by atoms with Crippen LogP contribution in [0, 0.1) is 6.92 Å². The molecule has 0 bridgehead atoms. The minimum atomic E-state index is 0.371. The SMILES string of the molecule is Cc1ccc(C(C)NN(C)C)cc1. The summed E-state index contributed by atoms with van der Waals surface area (Å²) in [7, 11) is 4.01. The standard InChI is InChI=1S/C11H18N2/c1-9-5-7-11(8-6-9)10(2)12-13(3)4/h5-8,10,12H,1-4H3. The third-order valence-corrected chi connectivity index (χ3v) is 2.03. The third kappa shape index (κ3) is 3.17. The molecule has 0 saturated carbocycles. The van der Waals surface area contributed by atoms with Crippen LogP contribution in [0.1, 0.15) is 24.1 Å². The highest BCUT2D eigenvalue weighted by atomic mass is 15.5. The van der Waals surface area contributed by atoms with Crippen molar-refractivity contribution in [1.29, 1.82) is 0 Å². The van der Waals surface area contributed by atoms with Gasteiger partial charge in [-0.2, -0.15) is 0 Å². The monoisotopic (exact) mass is 178 g/mol. The van der Waals surface area contributed by atoms with Crippen LogP contribution in [0.4, 0.5) is 0 Å². The second-order valence-corrected chi connectivity index (χ2v) is 3.66. The summed E-state index contributed by atoms with van der Waals surface area (Å²) in [5.41, 5.74) is 5.94. The Morgan fingerprint density at radius 1 is 1.15 bits per heavy atom. The van der Waals surface area contributed by atoms with Crippen LogP contribution in [0.2, 0.25) is 0 Å². The number of hydrazine groups is 1. The minimum absolute atomic E-state index is 0.371. The second-order valence-electron chi connectivity index (χ2n) is 3.66. The molecular formula is C11H18N2. The highest BCUT2D eigenvalue weighted by molar-refractivity contribution is 5.23. The number of benzene rings is 1. The van der Waals surface area contributed by atoms with Crippen LogP contribution in [0.25, 0.3) is 0 Å². The lowest BCUT2D eigenvalue weighted by molar-refractivity contribution is 0.252. The predicted molar refractivity (Wildman–Crippen MR) is 56.4 cm³/mol. The zero-order chi connectivity index (χ0) is 9.84. The molecular weight excluding hydrogens is 160 g/mol. The van der Waals surface area contributed by atoms with E-state index in [1.807, 2.05) is 19.1 Å². The van der Waals surface area contributed by atoms with Crippen molar-refractivity contribution in [2.45, 2.75) is 19.9 Å². The van der Waals surface area contributed by atoms with Gasteiger partial charge >= 0.3 is 0 Å². The molecule has 1 atom stereocenters. The lowest BCUT2D eigenvalue weighted by atomic mass is 10.1.